The molecule has 2 aromatic rings. The molecule has 8 heteroatoms. The number of carbonyl (C=O) groups excluding carboxylic acids is 1. The third kappa shape index (κ3) is 4.29. The van der Waals surface area contributed by atoms with E-state index in [1.807, 2.05) is 24.3 Å². The van der Waals surface area contributed by atoms with Crippen LogP contribution in [0.5, 0.6) is 0 Å². The number of rotatable bonds is 5. The van der Waals surface area contributed by atoms with Gasteiger partial charge in [-0.25, -0.2) is 8.42 Å². The first-order valence-corrected chi connectivity index (χ1v) is 11.3. The Morgan fingerprint density at radius 3 is 2.24 bits per heavy atom. The molecule has 0 aromatic heterocycles. The number of sulfonamides is 1. The van der Waals surface area contributed by atoms with Gasteiger partial charge in [-0.15, -0.1) is 0 Å². The summed E-state index contributed by atoms with van der Waals surface area (Å²) < 4.78 is 32.1. The van der Waals surface area contributed by atoms with Gasteiger partial charge in [0.25, 0.3) is 5.91 Å². The summed E-state index contributed by atoms with van der Waals surface area (Å²) in [6.07, 6.45) is 2.31. The van der Waals surface area contributed by atoms with Crippen molar-refractivity contribution in [2.45, 2.75) is 17.7 Å². The molecule has 4 rings (SSSR count). The van der Waals surface area contributed by atoms with Crippen molar-refractivity contribution in [2.24, 2.45) is 0 Å². The van der Waals surface area contributed by atoms with Gasteiger partial charge < -0.3 is 15.0 Å². The molecule has 2 aliphatic heterocycles. The van der Waals surface area contributed by atoms with Gasteiger partial charge in [0.2, 0.25) is 10.0 Å². The quantitative estimate of drug-likeness (QED) is 0.812. The van der Waals surface area contributed by atoms with Crippen LogP contribution in [0.4, 0.5) is 11.4 Å². The van der Waals surface area contributed by atoms with E-state index in [0.717, 1.165) is 37.3 Å². The third-order valence-electron chi connectivity index (χ3n) is 5.32. The van der Waals surface area contributed by atoms with E-state index >= 15 is 0 Å². The number of morpholine rings is 1. The molecule has 29 heavy (non-hydrogen) atoms. The Kier molecular flexibility index (Phi) is 5.84. The second-order valence-electron chi connectivity index (χ2n) is 7.21. The maximum atomic E-state index is 12.7. The Labute approximate surface area is 171 Å². The molecule has 1 amide bonds. The molecule has 1 N–H and O–H groups in total. The minimum atomic E-state index is -3.57. The lowest BCUT2D eigenvalue weighted by atomic mass is 10.2. The van der Waals surface area contributed by atoms with E-state index < -0.39 is 10.0 Å². The minimum absolute atomic E-state index is 0.188. The van der Waals surface area contributed by atoms with E-state index in [9.17, 15) is 13.2 Å². The monoisotopic (exact) mass is 415 g/mol. The number of hydrogen-bond acceptors (Lipinski definition) is 5. The number of hydrogen-bond donors (Lipinski definition) is 1. The van der Waals surface area contributed by atoms with E-state index in [1.165, 1.54) is 16.4 Å². The van der Waals surface area contributed by atoms with Crippen molar-refractivity contribution in [2.75, 3.05) is 49.6 Å². The molecule has 0 radical (unpaired) electrons. The highest BCUT2D eigenvalue weighted by Gasteiger charge is 2.26. The zero-order valence-electron chi connectivity index (χ0n) is 16.2. The Morgan fingerprint density at radius 1 is 0.897 bits per heavy atom. The Hall–Kier alpha value is -2.42. The number of ether oxygens (including phenoxy) is 1. The van der Waals surface area contributed by atoms with Gasteiger partial charge in [0, 0.05) is 31.7 Å². The van der Waals surface area contributed by atoms with Crippen LogP contribution in [-0.2, 0) is 14.8 Å². The summed E-state index contributed by atoms with van der Waals surface area (Å²) >= 11 is 0. The summed E-state index contributed by atoms with van der Waals surface area (Å²) in [6.45, 7) is 3.46. The Morgan fingerprint density at radius 2 is 1.55 bits per heavy atom. The van der Waals surface area contributed by atoms with E-state index in [2.05, 4.69) is 10.2 Å². The zero-order valence-corrected chi connectivity index (χ0v) is 17.0. The predicted molar refractivity (Wildman–Crippen MR) is 112 cm³/mol. The van der Waals surface area contributed by atoms with Gasteiger partial charge in [0.05, 0.1) is 29.5 Å². The number of carbonyl (C=O) groups is 1. The Balaban J connectivity index is 1.49. The number of para-hydroxylation sites is 2. The molecule has 0 unspecified atom stereocenters. The van der Waals surface area contributed by atoms with Gasteiger partial charge in [-0.2, -0.15) is 4.31 Å². The lowest BCUT2D eigenvalue weighted by Crippen LogP contribution is -2.40. The molecule has 0 saturated carbocycles. The van der Waals surface area contributed by atoms with Gasteiger partial charge in [0.15, 0.2) is 0 Å². The highest BCUT2D eigenvalue weighted by atomic mass is 32.2. The average molecular weight is 416 g/mol. The number of nitrogens with one attached hydrogen (secondary N) is 1. The van der Waals surface area contributed by atoms with Gasteiger partial charge >= 0.3 is 0 Å². The molecule has 154 valence electrons. The fourth-order valence-corrected chi connectivity index (χ4v) is 5.13. The van der Waals surface area contributed by atoms with Crippen LogP contribution in [0.25, 0.3) is 0 Å². The van der Waals surface area contributed by atoms with E-state index in [4.69, 9.17) is 4.74 Å². The highest BCUT2D eigenvalue weighted by molar-refractivity contribution is 7.89. The van der Waals surface area contributed by atoms with Crippen LogP contribution >= 0.6 is 0 Å². The molecule has 0 aliphatic carbocycles. The van der Waals surface area contributed by atoms with Crippen molar-refractivity contribution in [1.82, 2.24) is 4.31 Å². The van der Waals surface area contributed by atoms with Gasteiger partial charge in [-0.05, 0) is 49.2 Å². The smallest absolute Gasteiger partial charge is 0.255 e. The number of amides is 1. The van der Waals surface area contributed by atoms with Gasteiger partial charge in [-0.3, -0.25) is 4.79 Å². The predicted octanol–water partition coefficient (Wildman–Crippen LogP) is 2.56. The van der Waals surface area contributed by atoms with Crippen LogP contribution < -0.4 is 10.2 Å². The number of benzene rings is 2. The lowest BCUT2D eigenvalue weighted by Gasteiger charge is -2.26. The Bertz CT molecular complexity index is 964. The molecular formula is C21H25N3O4S. The SMILES string of the molecule is O=C(Nc1ccccc1N1CCCC1)c1ccc(S(=O)(=O)N2CCOCC2)cc1. The molecule has 7 nitrogen and oxygen atoms in total. The molecule has 2 saturated heterocycles. The second kappa shape index (κ2) is 8.52. The molecule has 0 spiro atoms. The van der Waals surface area contributed by atoms with Gasteiger partial charge in [-0.1, -0.05) is 12.1 Å². The van der Waals surface area contributed by atoms with E-state index in [1.54, 1.807) is 12.1 Å². The van der Waals surface area contributed by atoms with Crippen LogP contribution in [0.15, 0.2) is 53.4 Å². The summed E-state index contributed by atoms with van der Waals surface area (Å²) in [5.41, 5.74) is 2.21. The standard InChI is InChI=1S/C21H25N3O4S/c25-21(22-19-5-1-2-6-20(19)23-11-3-4-12-23)17-7-9-18(10-8-17)29(26,27)24-13-15-28-16-14-24/h1-2,5-10H,3-4,11-16H2,(H,22,25). The van der Waals surface area contributed by atoms with Crippen molar-refractivity contribution in [3.63, 3.8) is 0 Å². The molecular weight excluding hydrogens is 390 g/mol. The fraction of sp³-hybridized carbons (Fsp3) is 0.381. The van der Waals surface area contributed by atoms with Crippen molar-refractivity contribution in [3.05, 3.63) is 54.1 Å². The average Bonchev–Trinajstić information content (AvgIpc) is 3.29. The summed E-state index contributed by atoms with van der Waals surface area (Å²) in [6, 6.07) is 13.9. The van der Waals surface area contributed by atoms with Crippen molar-refractivity contribution in [3.8, 4) is 0 Å². The summed E-state index contributed by atoms with van der Waals surface area (Å²) in [7, 11) is -3.57. The first-order chi connectivity index (χ1) is 14.1. The van der Waals surface area contributed by atoms with Gasteiger partial charge in [0.1, 0.15) is 0 Å². The minimum Gasteiger partial charge on any atom is -0.379 e. The van der Waals surface area contributed by atoms with Crippen molar-refractivity contribution < 1.29 is 17.9 Å². The fourth-order valence-electron chi connectivity index (χ4n) is 3.72. The molecule has 0 bridgehead atoms. The van der Waals surface area contributed by atoms with E-state index in [-0.39, 0.29) is 10.8 Å². The maximum Gasteiger partial charge on any atom is 0.255 e. The van der Waals surface area contributed by atoms with Crippen LogP contribution in [0.1, 0.15) is 23.2 Å². The summed E-state index contributed by atoms with van der Waals surface area (Å²) in [4.78, 5) is 15.2. The number of anilines is 2. The topological polar surface area (TPSA) is 79.0 Å². The molecule has 2 aliphatic rings. The first kappa shape index (κ1) is 19.9. The van der Waals surface area contributed by atoms with Crippen LogP contribution in [0.2, 0.25) is 0 Å². The third-order valence-corrected chi connectivity index (χ3v) is 7.24. The summed E-state index contributed by atoms with van der Waals surface area (Å²) in [5.74, 6) is -0.257. The zero-order chi connectivity index (χ0) is 20.3. The largest absolute Gasteiger partial charge is 0.379 e. The second-order valence-corrected chi connectivity index (χ2v) is 9.14. The van der Waals surface area contributed by atoms with Crippen molar-refractivity contribution >= 4 is 27.3 Å². The maximum absolute atomic E-state index is 12.7. The van der Waals surface area contributed by atoms with Crippen molar-refractivity contribution in [1.29, 1.82) is 0 Å². The summed E-state index contributed by atoms with van der Waals surface area (Å²) in [5, 5.41) is 2.97. The van der Waals surface area contributed by atoms with E-state index in [0.29, 0.717) is 31.9 Å². The van der Waals surface area contributed by atoms with Crippen LogP contribution in [0.3, 0.4) is 0 Å². The molecule has 2 aromatic carbocycles. The molecule has 2 fully saturated rings. The first-order valence-electron chi connectivity index (χ1n) is 9.89. The lowest BCUT2D eigenvalue weighted by molar-refractivity contribution is 0.0730. The van der Waals surface area contributed by atoms with Crippen LogP contribution in [-0.4, -0.2) is 58.0 Å². The number of nitrogens with zero attached hydrogens (tertiary/aromatic N) is 2. The molecule has 0 atom stereocenters. The van der Waals surface area contributed by atoms with Crippen LogP contribution in [0, 0.1) is 0 Å². The highest BCUT2D eigenvalue weighted by Crippen LogP contribution is 2.29. The normalized spacial score (nSPS) is 18.0. The molecule has 2 heterocycles.